The summed E-state index contributed by atoms with van der Waals surface area (Å²) in [6.07, 6.45) is 5.76. The maximum atomic E-state index is 12.6. The lowest BCUT2D eigenvalue weighted by Crippen LogP contribution is -2.46. The predicted octanol–water partition coefficient (Wildman–Crippen LogP) is 4.57. The first-order valence-electron chi connectivity index (χ1n) is 7.98. The molecule has 1 aliphatic heterocycles. The van der Waals surface area contributed by atoms with Crippen molar-refractivity contribution in [2.45, 2.75) is 25.8 Å². The van der Waals surface area contributed by atoms with E-state index in [0.717, 1.165) is 18.4 Å². The van der Waals surface area contributed by atoms with Crippen LogP contribution in [0.3, 0.4) is 0 Å². The summed E-state index contributed by atoms with van der Waals surface area (Å²) in [6.45, 7) is 3.41. The van der Waals surface area contributed by atoms with Crippen molar-refractivity contribution in [1.82, 2.24) is 10.2 Å². The first kappa shape index (κ1) is 18.7. The Kier molecular flexibility index (Phi) is 7.01. The lowest BCUT2D eigenvalue weighted by atomic mass is 9.88. The minimum Gasteiger partial charge on any atom is -0.334 e. The third kappa shape index (κ3) is 4.93. The molecular formula is C18H22ClN3OS. The molecule has 4 nitrogen and oxygen atoms in total. The number of rotatable bonds is 4. The number of carbonyl (C=O) groups excluding carboxylic acids is 1. The number of nitrogens with one attached hydrogen (secondary N) is 1. The minimum atomic E-state index is -0.0730. The first-order valence-corrected chi connectivity index (χ1v) is 9.64. The number of amides is 2. The molecule has 0 aliphatic carbocycles. The van der Waals surface area contributed by atoms with Crippen molar-refractivity contribution in [3.8, 4) is 6.07 Å². The van der Waals surface area contributed by atoms with Gasteiger partial charge in [-0.25, -0.2) is 4.79 Å². The largest absolute Gasteiger partial charge is 0.334 e. The van der Waals surface area contributed by atoms with E-state index in [-0.39, 0.29) is 12.1 Å². The topological polar surface area (TPSA) is 56.1 Å². The van der Waals surface area contributed by atoms with Crippen LogP contribution in [0.25, 0.3) is 0 Å². The SMILES string of the molecule is CS/C=C/CNC(=O)N1CCC(C)CC1c1cc(Cl)cc(C#N)c1. The van der Waals surface area contributed by atoms with Crippen LogP contribution in [0.5, 0.6) is 0 Å². The lowest BCUT2D eigenvalue weighted by Gasteiger charge is -2.38. The molecule has 1 aromatic rings. The summed E-state index contributed by atoms with van der Waals surface area (Å²) in [5.41, 5.74) is 1.46. The summed E-state index contributed by atoms with van der Waals surface area (Å²) in [6, 6.07) is 7.35. The second-order valence-corrected chi connectivity index (χ2v) is 7.20. The molecule has 128 valence electrons. The summed E-state index contributed by atoms with van der Waals surface area (Å²) >= 11 is 7.75. The van der Waals surface area contributed by atoms with Crippen LogP contribution in [0, 0.1) is 17.2 Å². The smallest absolute Gasteiger partial charge is 0.318 e. The van der Waals surface area contributed by atoms with E-state index >= 15 is 0 Å². The van der Waals surface area contributed by atoms with Crippen molar-refractivity contribution in [2.24, 2.45) is 5.92 Å². The van der Waals surface area contributed by atoms with E-state index in [9.17, 15) is 4.79 Å². The number of likely N-dealkylation sites (tertiary alicyclic amines) is 1. The van der Waals surface area contributed by atoms with E-state index in [4.69, 9.17) is 16.9 Å². The number of carbonyl (C=O) groups is 1. The van der Waals surface area contributed by atoms with Crippen molar-refractivity contribution in [1.29, 1.82) is 5.26 Å². The van der Waals surface area contributed by atoms with E-state index in [1.54, 1.807) is 17.8 Å². The van der Waals surface area contributed by atoms with E-state index in [1.807, 2.05) is 34.8 Å². The maximum Gasteiger partial charge on any atom is 0.318 e. The van der Waals surface area contributed by atoms with Crippen LogP contribution >= 0.6 is 23.4 Å². The summed E-state index contributed by atoms with van der Waals surface area (Å²) < 4.78 is 0. The van der Waals surface area contributed by atoms with E-state index < -0.39 is 0 Å². The Morgan fingerprint density at radius 1 is 1.54 bits per heavy atom. The van der Waals surface area contributed by atoms with Crippen LogP contribution in [0.2, 0.25) is 5.02 Å². The van der Waals surface area contributed by atoms with Crippen LogP contribution in [0.15, 0.2) is 29.7 Å². The number of nitriles is 1. The maximum absolute atomic E-state index is 12.6. The third-order valence-corrected chi connectivity index (χ3v) is 4.85. The molecule has 1 aromatic carbocycles. The van der Waals surface area contributed by atoms with E-state index in [1.165, 1.54) is 0 Å². The van der Waals surface area contributed by atoms with Gasteiger partial charge in [0, 0.05) is 18.1 Å². The second kappa shape index (κ2) is 9.00. The van der Waals surface area contributed by atoms with Crippen LogP contribution in [0.4, 0.5) is 4.79 Å². The van der Waals surface area contributed by atoms with Crippen molar-refractivity contribution < 1.29 is 4.79 Å². The normalized spacial score (nSPS) is 20.8. The van der Waals surface area contributed by atoms with Crippen LogP contribution in [-0.2, 0) is 0 Å². The number of benzene rings is 1. The van der Waals surface area contributed by atoms with Crippen molar-refractivity contribution in [3.63, 3.8) is 0 Å². The number of hydrogen-bond donors (Lipinski definition) is 1. The van der Waals surface area contributed by atoms with Gasteiger partial charge in [-0.15, -0.1) is 11.8 Å². The number of piperidine rings is 1. The van der Waals surface area contributed by atoms with Gasteiger partial charge in [-0.3, -0.25) is 0 Å². The fourth-order valence-electron chi connectivity index (χ4n) is 2.96. The average Bonchev–Trinajstić information content (AvgIpc) is 2.57. The molecule has 0 aromatic heterocycles. The predicted molar refractivity (Wildman–Crippen MR) is 100 cm³/mol. The van der Waals surface area contributed by atoms with Crippen molar-refractivity contribution >= 4 is 29.4 Å². The Morgan fingerprint density at radius 3 is 3.04 bits per heavy atom. The molecule has 1 heterocycles. The number of thioether (sulfide) groups is 1. The Bertz CT molecular complexity index is 656. The first-order chi connectivity index (χ1) is 11.5. The molecule has 0 saturated carbocycles. The number of urea groups is 1. The highest BCUT2D eigenvalue weighted by Gasteiger charge is 2.31. The zero-order valence-corrected chi connectivity index (χ0v) is 15.5. The van der Waals surface area contributed by atoms with E-state index in [0.29, 0.717) is 29.6 Å². The van der Waals surface area contributed by atoms with Gasteiger partial charge in [-0.2, -0.15) is 5.26 Å². The summed E-state index contributed by atoms with van der Waals surface area (Å²) in [4.78, 5) is 14.4. The van der Waals surface area contributed by atoms with E-state index in [2.05, 4.69) is 18.3 Å². The molecule has 2 atom stereocenters. The molecular weight excluding hydrogens is 342 g/mol. The Labute approximate surface area is 152 Å². The minimum absolute atomic E-state index is 0.0518. The summed E-state index contributed by atoms with van der Waals surface area (Å²) in [5.74, 6) is 0.528. The summed E-state index contributed by atoms with van der Waals surface area (Å²) in [5, 5.41) is 14.6. The van der Waals surface area contributed by atoms with Crippen LogP contribution in [-0.4, -0.2) is 30.3 Å². The Morgan fingerprint density at radius 2 is 2.33 bits per heavy atom. The molecule has 1 fully saturated rings. The standard InChI is InChI=1S/C18H22ClN3OS/c1-13-4-6-22(18(23)21-5-3-7-24-2)17(8-13)15-9-14(12-20)10-16(19)11-15/h3,7,9-11,13,17H,4-6,8H2,1-2H3,(H,21,23)/b7-3+. The molecule has 2 amide bonds. The van der Waals surface area contributed by atoms with Gasteiger partial charge in [-0.1, -0.05) is 24.6 Å². The number of hydrogen-bond acceptors (Lipinski definition) is 3. The molecule has 0 bridgehead atoms. The highest BCUT2D eigenvalue weighted by Crippen LogP contribution is 2.35. The molecule has 1 saturated heterocycles. The van der Waals surface area contributed by atoms with Gasteiger partial charge in [0.05, 0.1) is 17.7 Å². The molecule has 6 heteroatoms. The average molecular weight is 364 g/mol. The van der Waals surface area contributed by atoms with Crippen LogP contribution in [0.1, 0.15) is 36.9 Å². The van der Waals surface area contributed by atoms with Gasteiger partial charge >= 0.3 is 6.03 Å². The third-order valence-electron chi connectivity index (χ3n) is 4.16. The fourth-order valence-corrected chi connectivity index (χ4v) is 3.49. The Hall–Kier alpha value is -1.64. The van der Waals surface area contributed by atoms with Gasteiger partial charge in [0.2, 0.25) is 0 Å². The van der Waals surface area contributed by atoms with Gasteiger partial charge < -0.3 is 10.2 Å². The summed E-state index contributed by atoms with van der Waals surface area (Å²) in [7, 11) is 0. The van der Waals surface area contributed by atoms with Gasteiger partial charge in [0.15, 0.2) is 0 Å². The lowest BCUT2D eigenvalue weighted by molar-refractivity contribution is 0.132. The van der Waals surface area contributed by atoms with Gasteiger partial charge in [0.25, 0.3) is 0 Å². The number of halogens is 1. The molecule has 0 spiro atoms. The van der Waals surface area contributed by atoms with Crippen molar-refractivity contribution in [3.05, 3.63) is 45.8 Å². The van der Waals surface area contributed by atoms with Gasteiger partial charge in [-0.05, 0) is 54.2 Å². The highest BCUT2D eigenvalue weighted by molar-refractivity contribution is 8.01. The molecule has 1 N–H and O–H groups in total. The quantitative estimate of drug-likeness (QED) is 0.852. The fraction of sp³-hybridized carbons (Fsp3) is 0.444. The Balaban J connectivity index is 2.20. The van der Waals surface area contributed by atoms with Gasteiger partial charge in [0.1, 0.15) is 0 Å². The molecule has 0 radical (unpaired) electrons. The van der Waals surface area contributed by atoms with Crippen molar-refractivity contribution in [2.75, 3.05) is 19.3 Å². The highest BCUT2D eigenvalue weighted by atomic mass is 35.5. The molecule has 24 heavy (non-hydrogen) atoms. The molecule has 2 rings (SSSR count). The van der Waals surface area contributed by atoms with Crippen LogP contribution < -0.4 is 5.32 Å². The molecule has 2 unspecified atom stereocenters. The molecule has 1 aliphatic rings. The zero-order valence-electron chi connectivity index (χ0n) is 14.0. The zero-order chi connectivity index (χ0) is 17.5. The number of nitrogens with zero attached hydrogens (tertiary/aromatic N) is 2. The monoisotopic (exact) mass is 363 g/mol. The second-order valence-electron chi connectivity index (χ2n) is 6.02.